The number of benzene rings is 3. The second kappa shape index (κ2) is 12.8. The van der Waals surface area contributed by atoms with E-state index >= 15 is 0 Å². The zero-order chi connectivity index (χ0) is 33.4. The predicted octanol–water partition coefficient (Wildman–Crippen LogP) is 5.76. The van der Waals surface area contributed by atoms with E-state index in [1.807, 2.05) is 0 Å². The number of hydrogen-bond donors (Lipinski definition) is 4. The molecule has 4 N–H and O–H groups in total. The Kier molecular flexibility index (Phi) is 8.58. The fraction of sp³-hybridized carbons (Fsp3) is 0.286. The average Bonchev–Trinajstić information content (AvgIpc) is 3.63. The summed E-state index contributed by atoms with van der Waals surface area (Å²) < 4.78 is 38.1. The number of nitrogens with zero attached hydrogens (tertiary/aromatic N) is 3. The fourth-order valence-corrected chi connectivity index (χ4v) is 6.40. The first-order valence-electron chi connectivity index (χ1n) is 15.0. The van der Waals surface area contributed by atoms with E-state index in [0.717, 1.165) is 13.0 Å². The second-order valence-corrected chi connectivity index (χ2v) is 11.5. The van der Waals surface area contributed by atoms with E-state index < -0.39 is 17.6 Å². The van der Waals surface area contributed by atoms with Crippen LogP contribution < -0.4 is 15.7 Å². The van der Waals surface area contributed by atoms with Crippen LogP contribution in [0.1, 0.15) is 36.0 Å². The predicted molar refractivity (Wildman–Crippen MR) is 173 cm³/mol. The van der Waals surface area contributed by atoms with E-state index in [9.17, 15) is 28.9 Å². The lowest BCUT2D eigenvalue weighted by atomic mass is 9.95. The number of alkyl halides is 1. The molecule has 0 bridgehead atoms. The summed E-state index contributed by atoms with van der Waals surface area (Å²) in [5.74, 6) is 1.30. The molecule has 10 nitrogen and oxygen atoms in total. The molecule has 2 fully saturated rings. The Morgan fingerprint density at radius 3 is 2.62 bits per heavy atom. The Morgan fingerprint density at radius 2 is 1.91 bits per heavy atom. The Morgan fingerprint density at radius 1 is 1.15 bits per heavy atom. The van der Waals surface area contributed by atoms with Crippen molar-refractivity contribution in [1.82, 2.24) is 14.9 Å². The van der Waals surface area contributed by atoms with Gasteiger partial charge in [-0.3, -0.25) is 4.90 Å². The normalized spacial score (nSPS) is 17.3. The van der Waals surface area contributed by atoms with Crippen LogP contribution in [0.3, 0.4) is 0 Å². The maximum absolute atomic E-state index is 14.6. The molecule has 242 valence electrons. The number of aromatic hydroxyl groups is 3. The number of hydrogen-bond acceptors (Lipinski definition) is 10. The molecule has 0 spiro atoms. The molecule has 47 heavy (non-hydrogen) atoms. The Hall–Kier alpha value is -5.41. The van der Waals surface area contributed by atoms with Crippen molar-refractivity contribution in [3.8, 4) is 46.9 Å². The van der Waals surface area contributed by atoms with E-state index in [4.69, 9.17) is 15.6 Å². The number of phenolic OH excluding ortho intramolecular Hbond substituents is 3. The third-order valence-corrected chi connectivity index (χ3v) is 8.63. The number of fused-ring (bicyclic) bond motifs is 3. The lowest BCUT2D eigenvalue weighted by molar-refractivity contribution is 0.292. The summed E-state index contributed by atoms with van der Waals surface area (Å²) in [6.45, 7) is 3.40. The van der Waals surface area contributed by atoms with Crippen molar-refractivity contribution >= 4 is 27.5 Å². The van der Waals surface area contributed by atoms with E-state index in [2.05, 4.69) is 26.1 Å². The van der Waals surface area contributed by atoms with Crippen LogP contribution in [0.4, 0.5) is 14.6 Å². The van der Waals surface area contributed by atoms with E-state index in [-0.39, 0.29) is 74.4 Å². The monoisotopic (exact) mass is 642 g/mol. The average molecular weight is 643 g/mol. The maximum atomic E-state index is 14.6. The third-order valence-electron chi connectivity index (χ3n) is 8.63. The van der Waals surface area contributed by atoms with Gasteiger partial charge in [-0.2, -0.15) is 9.97 Å². The van der Waals surface area contributed by atoms with Gasteiger partial charge in [0.2, 0.25) is 0 Å². The van der Waals surface area contributed by atoms with Crippen molar-refractivity contribution in [3.63, 3.8) is 0 Å². The van der Waals surface area contributed by atoms with Gasteiger partial charge in [-0.1, -0.05) is 18.1 Å². The molecule has 0 aliphatic carbocycles. The highest BCUT2D eigenvalue weighted by Gasteiger charge is 2.34. The Labute approximate surface area is 268 Å². The van der Waals surface area contributed by atoms with Gasteiger partial charge in [-0.05, 0) is 68.4 Å². The van der Waals surface area contributed by atoms with Gasteiger partial charge in [0.25, 0.3) is 0 Å². The molecule has 2 aromatic heterocycles. The highest BCUT2D eigenvalue weighted by atomic mass is 19.1. The first kappa shape index (κ1) is 31.6. The SMILES string of the molecule is C#Cc1c(F)ccc2cc(O)cc(-c3oc(=O)c4c(NCc5c(O)cccc5O)nc(OC)nc4c3C)c12.FC1CC2CCCN2C1. The molecule has 7 rings (SSSR count). The summed E-state index contributed by atoms with van der Waals surface area (Å²) in [6.07, 6.45) is 8.41. The van der Waals surface area contributed by atoms with Crippen LogP contribution in [0.15, 0.2) is 51.7 Å². The van der Waals surface area contributed by atoms with Gasteiger partial charge in [0.05, 0.1) is 23.8 Å². The van der Waals surface area contributed by atoms with Crippen LogP contribution in [-0.4, -0.2) is 62.6 Å². The smallest absolute Gasteiger partial charge is 0.349 e. The van der Waals surface area contributed by atoms with Gasteiger partial charge < -0.3 is 29.8 Å². The lowest BCUT2D eigenvalue weighted by Gasteiger charge is -2.15. The van der Waals surface area contributed by atoms with Crippen LogP contribution in [0, 0.1) is 25.1 Å². The third kappa shape index (κ3) is 5.97. The number of ether oxygens (including phenoxy) is 1. The molecule has 2 saturated heterocycles. The van der Waals surface area contributed by atoms with Crippen LogP contribution in [-0.2, 0) is 6.54 Å². The molecule has 0 saturated carbocycles. The molecule has 2 atom stereocenters. The van der Waals surface area contributed by atoms with Crippen molar-refractivity contribution < 1.29 is 33.3 Å². The number of aryl methyl sites for hydroxylation is 1. The summed E-state index contributed by atoms with van der Waals surface area (Å²) in [5.41, 5.74) is 0.0449. The molecule has 2 unspecified atom stereocenters. The van der Waals surface area contributed by atoms with E-state index in [1.165, 1.54) is 62.4 Å². The van der Waals surface area contributed by atoms with Crippen molar-refractivity contribution in [1.29, 1.82) is 0 Å². The van der Waals surface area contributed by atoms with Gasteiger partial charge in [0.1, 0.15) is 46.2 Å². The number of methoxy groups -OCH3 is 1. The van der Waals surface area contributed by atoms with Crippen LogP contribution in [0.5, 0.6) is 23.3 Å². The minimum atomic E-state index is -0.831. The number of nitrogens with one attached hydrogen (secondary N) is 1. The van der Waals surface area contributed by atoms with Gasteiger partial charge in [-0.25, -0.2) is 13.6 Å². The largest absolute Gasteiger partial charge is 0.508 e. The molecular formula is C35H32F2N4O6. The highest BCUT2D eigenvalue weighted by molar-refractivity contribution is 6.03. The molecule has 5 aromatic rings. The molecule has 3 aromatic carbocycles. The van der Waals surface area contributed by atoms with Crippen molar-refractivity contribution in [2.75, 3.05) is 25.5 Å². The number of halogens is 2. The molecule has 12 heteroatoms. The van der Waals surface area contributed by atoms with Crippen LogP contribution >= 0.6 is 0 Å². The summed E-state index contributed by atoms with van der Waals surface area (Å²) in [4.78, 5) is 24.2. The minimum Gasteiger partial charge on any atom is -0.508 e. The van der Waals surface area contributed by atoms with Crippen LogP contribution in [0.2, 0.25) is 0 Å². The number of terminal acetylenes is 1. The summed E-state index contributed by atoms with van der Waals surface area (Å²) in [6, 6.07) is 10.3. The second-order valence-electron chi connectivity index (χ2n) is 11.5. The molecular weight excluding hydrogens is 610 g/mol. The summed E-state index contributed by atoms with van der Waals surface area (Å²) in [5, 5.41) is 34.2. The quantitative estimate of drug-likeness (QED) is 0.175. The molecule has 2 aliphatic rings. The summed E-state index contributed by atoms with van der Waals surface area (Å²) >= 11 is 0. The van der Waals surface area contributed by atoms with E-state index in [1.54, 1.807) is 6.92 Å². The van der Waals surface area contributed by atoms with Gasteiger partial charge in [0.15, 0.2) is 0 Å². The molecule has 0 amide bonds. The molecule has 0 radical (unpaired) electrons. The first-order valence-corrected chi connectivity index (χ1v) is 15.0. The molecule has 2 aliphatic heterocycles. The van der Waals surface area contributed by atoms with Crippen LogP contribution in [0.25, 0.3) is 33.0 Å². The fourth-order valence-electron chi connectivity index (χ4n) is 6.40. The maximum Gasteiger partial charge on any atom is 0.349 e. The molecule has 4 heterocycles. The lowest BCUT2D eigenvalue weighted by Crippen LogP contribution is -2.22. The number of aromatic nitrogens is 2. The van der Waals surface area contributed by atoms with Crippen molar-refractivity contribution in [2.24, 2.45) is 0 Å². The Balaban J connectivity index is 0.000000366. The summed E-state index contributed by atoms with van der Waals surface area (Å²) in [7, 11) is 1.35. The minimum absolute atomic E-state index is 0.0187. The zero-order valence-electron chi connectivity index (χ0n) is 25.7. The van der Waals surface area contributed by atoms with Gasteiger partial charge in [-0.15, -0.1) is 6.42 Å². The number of anilines is 1. The van der Waals surface area contributed by atoms with Gasteiger partial charge >= 0.3 is 11.6 Å². The topological polar surface area (TPSA) is 141 Å². The highest BCUT2D eigenvalue weighted by Crippen LogP contribution is 2.39. The van der Waals surface area contributed by atoms with E-state index in [0.29, 0.717) is 23.5 Å². The Bertz CT molecular complexity index is 2080. The van der Waals surface area contributed by atoms with Crippen molar-refractivity contribution in [3.05, 3.63) is 75.4 Å². The number of phenols is 3. The standard InChI is InChI=1S/C28H20FN3O6.C7H12FN/c1-4-16-19(29)9-8-14-10-15(33)11-17(22(14)16)25-13(2)24-23(27(36)38-25)26(32-28(31-24)37-3)30-12-18-20(34)6-5-7-21(18)35;8-6-4-7-2-1-3-9(7)5-6/h1,5-11,33-35H,12H2,2-3H3,(H,30,31,32);6-7H,1-5H2. The van der Waals surface area contributed by atoms with Gasteiger partial charge in [0, 0.05) is 35.6 Å². The zero-order valence-corrected chi connectivity index (χ0v) is 25.7. The number of rotatable bonds is 5. The van der Waals surface area contributed by atoms with Crippen molar-refractivity contribution in [2.45, 2.75) is 44.9 Å². The first-order chi connectivity index (χ1) is 22.6.